The number of fused-ring (bicyclic) bond motifs is 4. The zero-order valence-electron chi connectivity index (χ0n) is 10.8. The lowest BCUT2D eigenvalue weighted by atomic mass is 9.96. The van der Waals surface area contributed by atoms with Gasteiger partial charge in [0.05, 0.1) is 6.42 Å². The summed E-state index contributed by atoms with van der Waals surface area (Å²) in [6.07, 6.45) is 6.55. The molecule has 0 radical (unpaired) electrons. The Labute approximate surface area is 124 Å². The fourth-order valence-corrected chi connectivity index (χ4v) is 3.42. The summed E-state index contributed by atoms with van der Waals surface area (Å²) in [5.41, 5.74) is 5.50. The Kier molecular flexibility index (Phi) is 2.60. The second-order valence-electron chi connectivity index (χ2n) is 5.23. The number of hydrogen-bond donors (Lipinski definition) is 2. The lowest BCUT2D eigenvalue weighted by Crippen LogP contribution is -2.23. The van der Waals surface area contributed by atoms with Crippen molar-refractivity contribution in [1.82, 2.24) is 10.3 Å². The third-order valence-electron chi connectivity index (χ3n) is 3.95. The van der Waals surface area contributed by atoms with Crippen molar-refractivity contribution in [2.24, 2.45) is 0 Å². The third-order valence-corrected chi connectivity index (χ3v) is 4.45. The SMILES string of the molecule is O=C1Cc2c([nH]c3ccc(Br)cc23)C2=C(C=CCC2)N1. The van der Waals surface area contributed by atoms with Gasteiger partial charge in [0.15, 0.2) is 0 Å². The van der Waals surface area contributed by atoms with Crippen LogP contribution in [-0.2, 0) is 11.2 Å². The highest BCUT2D eigenvalue weighted by atomic mass is 79.9. The van der Waals surface area contributed by atoms with Crippen LogP contribution in [0.15, 0.2) is 40.5 Å². The first-order chi connectivity index (χ1) is 9.72. The van der Waals surface area contributed by atoms with Gasteiger partial charge in [0.1, 0.15) is 0 Å². The number of H-pyrrole nitrogens is 1. The molecular weight excluding hydrogens is 316 g/mol. The van der Waals surface area contributed by atoms with Crippen LogP contribution in [-0.4, -0.2) is 10.9 Å². The van der Waals surface area contributed by atoms with Crippen molar-refractivity contribution in [1.29, 1.82) is 0 Å². The zero-order valence-corrected chi connectivity index (χ0v) is 12.4. The molecule has 2 aliphatic rings. The van der Waals surface area contributed by atoms with E-state index in [2.05, 4.69) is 44.4 Å². The summed E-state index contributed by atoms with van der Waals surface area (Å²) < 4.78 is 1.04. The van der Waals surface area contributed by atoms with E-state index in [1.807, 2.05) is 12.1 Å². The van der Waals surface area contributed by atoms with Gasteiger partial charge >= 0.3 is 0 Å². The summed E-state index contributed by atoms with van der Waals surface area (Å²) >= 11 is 3.51. The largest absolute Gasteiger partial charge is 0.354 e. The number of allylic oxidation sites excluding steroid dienone is 3. The smallest absolute Gasteiger partial charge is 0.228 e. The van der Waals surface area contributed by atoms with Gasteiger partial charge in [-0.1, -0.05) is 22.0 Å². The molecule has 0 atom stereocenters. The molecule has 100 valence electrons. The third kappa shape index (κ3) is 1.75. The number of halogens is 1. The molecule has 4 heteroatoms. The van der Waals surface area contributed by atoms with Gasteiger partial charge in [-0.3, -0.25) is 4.79 Å². The molecule has 20 heavy (non-hydrogen) atoms. The second-order valence-corrected chi connectivity index (χ2v) is 6.14. The highest BCUT2D eigenvalue weighted by molar-refractivity contribution is 9.10. The number of aromatic amines is 1. The van der Waals surface area contributed by atoms with Crippen molar-refractivity contribution in [3.63, 3.8) is 0 Å². The van der Waals surface area contributed by atoms with Crippen molar-refractivity contribution >= 4 is 38.3 Å². The minimum atomic E-state index is 0.0590. The molecular formula is C16H13BrN2O. The molecule has 1 aliphatic carbocycles. The van der Waals surface area contributed by atoms with Crippen LogP contribution in [0.1, 0.15) is 24.1 Å². The number of benzene rings is 1. The summed E-state index contributed by atoms with van der Waals surface area (Å²) in [6, 6.07) is 6.17. The van der Waals surface area contributed by atoms with Gasteiger partial charge in [0.25, 0.3) is 0 Å². The molecule has 3 nitrogen and oxygen atoms in total. The van der Waals surface area contributed by atoms with Crippen molar-refractivity contribution in [2.45, 2.75) is 19.3 Å². The summed E-state index contributed by atoms with van der Waals surface area (Å²) in [7, 11) is 0. The molecule has 4 rings (SSSR count). The minimum Gasteiger partial charge on any atom is -0.354 e. The number of nitrogens with one attached hydrogen (secondary N) is 2. The van der Waals surface area contributed by atoms with E-state index in [0.717, 1.165) is 45.2 Å². The van der Waals surface area contributed by atoms with Crippen LogP contribution in [0.2, 0.25) is 0 Å². The van der Waals surface area contributed by atoms with E-state index >= 15 is 0 Å². The highest BCUT2D eigenvalue weighted by Gasteiger charge is 2.24. The van der Waals surface area contributed by atoms with Crippen LogP contribution in [0.5, 0.6) is 0 Å². The second kappa shape index (κ2) is 4.35. The molecule has 2 aromatic rings. The van der Waals surface area contributed by atoms with Crippen molar-refractivity contribution < 1.29 is 4.79 Å². The van der Waals surface area contributed by atoms with Gasteiger partial charge in [-0.2, -0.15) is 0 Å². The first-order valence-electron chi connectivity index (χ1n) is 6.72. The number of hydrogen-bond acceptors (Lipinski definition) is 1. The Morgan fingerprint density at radius 3 is 3.05 bits per heavy atom. The van der Waals surface area contributed by atoms with Gasteiger partial charge in [0, 0.05) is 26.8 Å². The summed E-state index contributed by atoms with van der Waals surface area (Å²) in [5, 5.41) is 4.15. The minimum absolute atomic E-state index is 0.0590. The molecule has 0 saturated carbocycles. The summed E-state index contributed by atoms with van der Waals surface area (Å²) in [6.45, 7) is 0. The van der Waals surface area contributed by atoms with Gasteiger partial charge in [-0.05, 0) is 48.3 Å². The molecule has 2 heterocycles. The Bertz CT molecular complexity index is 798. The molecule has 1 aliphatic heterocycles. The number of rotatable bonds is 0. The molecule has 1 amide bonds. The quantitative estimate of drug-likeness (QED) is 0.761. The maximum Gasteiger partial charge on any atom is 0.228 e. The molecule has 2 N–H and O–H groups in total. The molecule has 0 spiro atoms. The maximum atomic E-state index is 12.1. The number of carbonyl (C=O) groups is 1. The number of aromatic nitrogens is 1. The van der Waals surface area contributed by atoms with Gasteiger partial charge in [-0.25, -0.2) is 0 Å². The van der Waals surface area contributed by atoms with E-state index < -0.39 is 0 Å². The Balaban J connectivity index is 2.05. The average molecular weight is 329 g/mol. The van der Waals surface area contributed by atoms with Crippen LogP contribution in [0.25, 0.3) is 16.5 Å². The van der Waals surface area contributed by atoms with Gasteiger partial charge in [0.2, 0.25) is 5.91 Å². The molecule has 1 aromatic heterocycles. The van der Waals surface area contributed by atoms with Crippen LogP contribution in [0, 0.1) is 0 Å². The van der Waals surface area contributed by atoms with Crippen LogP contribution >= 0.6 is 15.9 Å². The molecule has 0 unspecified atom stereocenters. The fourth-order valence-electron chi connectivity index (χ4n) is 3.06. The Hall–Kier alpha value is -1.81. The van der Waals surface area contributed by atoms with E-state index in [1.54, 1.807) is 0 Å². The first kappa shape index (κ1) is 12.0. The lowest BCUT2D eigenvalue weighted by molar-refractivity contribution is -0.119. The number of amides is 1. The standard InChI is InChI=1S/C16H13BrN2O/c17-9-5-6-14-11(7-9)12-8-15(20)18-13-4-2-1-3-10(13)16(12)19-14/h2,4-7,19H,1,3,8H2,(H,18,20). The monoisotopic (exact) mass is 328 g/mol. The van der Waals surface area contributed by atoms with Gasteiger partial charge in [-0.15, -0.1) is 0 Å². The van der Waals surface area contributed by atoms with E-state index in [1.165, 1.54) is 5.57 Å². The van der Waals surface area contributed by atoms with E-state index in [-0.39, 0.29) is 5.91 Å². The zero-order chi connectivity index (χ0) is 13.7. The summed E-state index contributed by atoms with van der Waals surface area (Å²) in [5.74, 6) is 0.0590. The van der Waals surface area contributed by atoms with Crippen LogP contribution in [0.4, 0.5) is 0 Å². The van der Waals surface area contributed by atoms with Crippen molar-refractivity contribution in [3.8, 4) is 0 Å². The summed E-state index contributed by atoms with van der Waals surface area (Å²) in [4.78, 5) is 15.6. The lowest BCUT2D eigenvalue weighted by Gasteiger charge is -2.13. The van der Waals surface area contributed by atoms with E-state index in [4.69, 9.17) is 0 Å². The Morgan fingerprint density at radius 1 is 1.25 bits per heavy atom. The highest BCUT2D eigenvalue weighted by Crippen LogP contribution is 2.36. The first-order valence-corrected chi connectivity index (χ1v) is 7.52. The molecule has 0 fully saturated rings. The predicted molar refractivity (Wildman–Crippen MR) is 83.1 cm³/mol. The fraction of sp³-hybridized carbons (Fsp3) is 0.188. The molecule has 0 saturated heterocycles. The average Bonchev–Trinajstić information content (AvgIpc) is 2.70. The van der Waals surface area contributed by atoms with Crippen molar-refractivity contribution in [3.05, 3.63) is 51.8 Å². The van der Waals surface area contributed by atoms with E-state index in [9.17, 15) is 4.79 Å². The normalized spacial score (nSPS) is 17.8. The maximum absolute atomic E-state index is 12.1. The van der Waals surface area contributed by atoms with E-state index in [0.29, 0.717) is 6.42 Å². The molecule has 1 aromatic carbocycles. The van der Waals surface area contributed by atoms with Crippen molar-refractivity contribution in [2.75, 3.05) is 0 Å². The topological polar surface area (TPSA) is 44.9 Å². The number of carbonyl (C=O) groups excluding carboxylic acids is 1. The van der Waals surface area contributed by atoms with Gasteiger partial charge < -0.3 is 10.3 Å². The van der Waals surface area contributed by atoms with Crippen LogP contribution in [0.3, 0.4) is 0 Å². The Morgan fingerprint density at radius 2 is 2.15 bits per heavy atom. The molecule has 0 bridgehead atoms. The van der Waals surface area contributed by atoms with Crippen LogP contribution < -0.4 is 5.32 Å². The predicted octanol–water partition coefficient (Wildman–Crippen LogP) is 3.66.